The Labute approximate surface area is 157 Å². The molecule has 26 heavy (non-hydrogen) atoms. The van der Waals surface area contributed by atoms with E-state index in [9.17, 15) is 4.79 Å². The molecule has 144 valence electrons. The number of carbonyl (C=O) groups is 1. The van der Waals surface area contributed by atoms with Gasteiger partial charge in [-0.25, -0.2) is 4.79 Å². The van der Waals surface area contributed by atoms with E-state index in [-0.39, 0.29) is 30.5 Å². The summed E-state index contributed by atoms with van der Waals surface area (Å²) in [4.78, 5) is 11.8. The Balaban J connectivity index is 1.93. The van der Waals surface area contributed by atoms with Crippen molar-refractivity contribution in [2.45, 2.75) is 84.7 Å². The molecule has 1 saturated heterocycles. The summed E-state index contributed by atoms with van der Waals surface area (Å²) in [6, 6.07) is 8.13. The molecule has 1 atom stereocenters. The standard InChI is InChI=1S/C20H32BNO4/c1-14(22-17(23)24-18(2,3)4)13-15-9-11-16(12-10-15)21-25-19(5,6)20(7,8)26-21/h9-12,14H,13H2,1-8H3,(H,22,23). The lowest BCUT2D eigenvalue weighted by Gasteiger charge is -2.32. The Morgan fingerprint density at radius 2 is 1.62 bits per heavy atom. The average molecular weight is 361 g/mol. The molecule has 1 N–H and O–H groups in total. The zero-order valence-corrected chi connectivity index (χ0v) is 17.3. The predicted molar refractivity (Wildman–Crippen MR) is 105 cm³/mol. The van der Waals surface area contributed by atoms with Gasteiger partial charge in [0.05, 0.1) is 11.2 Å². The lowest BCUT2D eigenvalue weighted by atomic mass is 9.78. The third kappa shape index (κ3) is 5.24. The second-order valence-corrected chi connectivity index (χ2v) is 9.08. The highest BCUT2D eigenvalue weighted by Gasteiger charge is 2.51. The van der Waals surface area contributed by atoms with E-state index >= 15 is 0 Å². The van der Waals surface area contributed by atoms with Crippen LogP contribution in [-0.2, 0) is 20.5 Å². The number of hydrogen-bond donors (Lipinski definition) is 1. The summed E-state index contributed by atoms with van der Waals surface area (Å²) in [7, 11) is -0.355. The molecule has 1 aromatic rings. The third-order valence-electron chi connectivity index (χ3n) is 4.81. The maximum absolute atomic E-state index is 11.8. The summed E-state index contributed by atoms with van der Waals surface area (Å²) < 4.78 is 17.4. The first-order valence-corrected chi connectivity index (χ1v) is 9.23. The van der Waals surface area contributed by atoms with Crippen LogP contribution in [-0.4, -0.2) is 36.1 Å². The first-order valence-electron chi connectivity index (χ1n) is 9.23. The van der Waals surface area contributed by atoms with E-state index in [0.29, 0.717) is 0 Å². The second kappa shape index (κ2) is 7.24. The van der Waals surface area contributed by atoms with E-state index in [1.165, 1.54) is 0 Å². The zero-order valence-electron chi connectivity index (χ0n) is 17.3. The number of ether oxygens (including phenoxy) is 1. The molecule has 0 aliphatic carbocycles. The molecule has 1 aliphatic rings. The lowest BCUT2D eigenvalue weighted by molar-refractivity contribution is 0.00578. The molecular weight excluding hydrogens is 329 g/mol. The quantitative estimate of drug-likeness (QED) is 0.835. The Bertz CT molecular complexity index is 618. The van der Waals surface area contributed by atoms with Crippen LogP contribution in [0.2, 0.25) is 0 Å². The fourth-order valence-corrected chi connectivity index (χ4v) is 2.70. The van der Waals surface area contributed by atoms with Crippen LogP contribution in [0.5, 0.6) is 0 Å². The van der Waals surface area contributed by atoms with Crippen LogP contribution in [0, 0.1) is 0 Å². The molecule has 2 rings (SSSR count). The molecule has 1 aromatic carbocycles. The van der Waals surface area contributed by atoms with Gasteiger partial charge in [-0.15, -0.1) is 0 Å². The Kier molecular flexibility index (Phi) is 5.79. The topological polar surface area (TPSA) is 56.8 Å². The van der Waals surface area contributed by atoms with Crippen LogP contribution < -0.4 is 10.8 Å². The van der Waals surface area contributed by atoms with Gasteiger partial charge in [0.2, 0.25) is 0 Å². The summed E-state index contributed by atoms with van der Waals surface area (Å²) in [5, 5.41) is 2.87. The van der Waals surface area contributed by atoms with Crippen molar-refractivity contribution in [3.63, 3.8) is 0 Å². The van der Waals surface area contributed by atoms with E-state index in [4.69, 9.17) is 14.0 Å². The zero-order chi connectivity index (χ0) is 19.8. The molecule has 0 spiro atoms. The molecule has 1 heterocycles. The Morgan fingerprint density at radius 1 is 1.12 bits per heavy atom. The van der Waals surface area contributed by atoms with Crippen LogP contribution in [0.1, 0.15) is 61.0 Å². The number of alkyl carbamates (subject to hydrolysis) is 1. The SMILES string of the molecule is CC(Cc1ccc(B2OC(C)(C)C(C)(C)O2)cc1)NC(=O)OC(C)(C)C. The van der Waals surface area contributed by atoms with Gasteiger partial charge < -0.3 is 19.4 Å². The summed E-state index contributed by atoms with van der Waals surface area (Å²) >= 11 is 0. The molecule has 1 aliphatic heterocycles. The molecule has 1 unspecified atom stereocenters. The van der Waals surface area contributed by atoms with Gasteiger partial charge in [0.15, 0.2) is 0 Å². The number of rotatable bonds is 4. The summed E-state index contributed by atoms with van der Waals surface area (Å²) in [5.41, 5.74) is 0.951. The highest BCUT2D eigenvalue weighted by Crippen LogP contribution is 2.36. The molecule has 1 fully saturated rings. The van der Waals surface area contributed by atoms with E-state index in [0.717, 1.165) is 17.4 Å². The molecule has 0 aromatic heterocycles. The van der Waals surface area contributed by atoms with Crippen LogP contribution in [0.15, 0.2) is 24.3 Å². The average Bonchev–Trinajstić information content (AvgIpc) is 2.65. The predicted octanol–water partition coefficient (Wildman–Crippen LogP) is 3.44. The van der Waals surface area contributed by atoms with Crippen LogP contribution >= 0.6 is 0 Å². The monoisotopic (exact) mass is 361 g/mol. The summed E-state index contributed by atoms with van der Waals surface area (Å²) in [6.45, 7) is 15.7. The van der Waals surface area contributed by atoms with Crippen LogP contribution in [0.3, 0.4) is 0 Å². The van der Waals surface area contributed by atoms with Gasteiger partial charge in [0, 0.05) is 6.04 Å². The Hall–Kier alpha value is -1.53. The van der Waals surface area contributed by atoms with Crippen molar-refractivity contribution in [2.75, 3.05) is 0 Å². The highest BCUT2D eigenvalue weighted by molar-refractivity contribution is 6.62. The minimum atomic E-state index is -0.492. The first kappa shape index (κ1) is 20.8. The van der Waals surface area contributed by atoms with Gasteiger partial charge >= 0.3 is 13.2 Å². The largest absolute Gasteiger partial charge is 0.494 e. The minimum absolute atomic E-state index is 0.0208. The highest BCUT2D eigenvalue weighted by atomic mass is 16.7. The molecule has 0 radical (unpaired) electrons. The fraction of sp³-hybridized carbons (Fsp3) is 0.650. The van der Waals surface area contributed by atoms with Gasteiger partial charge in [-0.2, -0.15) is 0 Å². The third-order valence-corrected chi connectivity index (χ3v) is 4.81. The molecular formula is C20H32BNO4. The van der Waals surface area contributed by atoms with E-state index < -0.39 is 5.60 Å². The Morgan fingerprint density at radius 3 is 2.08 bits per heavy atom. The number of amides is 1. The molecule has 0 bridgehead atoms. The minimum Gasteiger partial charge on any atom is -0.444 e. The van der Waals surface area contributed by atoms with Crippen molar-refractivity contribution < 1.29 is 18.8 Å². The van der Waals surface area contributed by atoms with Crippen molar-refractivity contribution in [1.82, 2.24) is 5.32 Å². The maximum atomic E-state index is 11.8. The molecule has 1 amide bonds. The second-order valence-electron chi connectivity index (χ2n) is 9.08. The van der Waals surface area contributed by atoms with Crippen molar-refractivity contribution >= 4 is 18.7 Å². The molecule has 0 saturated carbocycles. The van der Waals surface area contributed by atoms with Crippen molar-refractivity contribution in [2.24, 2.45) is 0 Å². The molecule has 5 nitrogen and oxygen atoms in total. The number of carbonyl (C=O) groups excluding carboxylic acids is 1. The van der Waals surface area contributed by atoms with Gasteiger partial charge in [-0.3, -0.25) is 0 Å². The van der Waals surface area contributed by atoms with Crippen molar-refractivity contribution in [3.05, 3.63) is 29.8 Å². The first-order chi connectivity index (χ1) is 11.8. The number of hydrogen-bond acceptors (Lipinski definition) is 4. The normalized spacial score (nSPS) is 19.9. The smallest absolute Gasteiger partial charge is 0.444 e. The van der Waals surface area contributed by atoms with Gasteiger partial charge in [0.25, 0.3) is 0 Å². The van der Waals surface area contributed by atoms with E-state index in [2.05, 4.69) is 5.32 Å². The van der Waals surface area contributed by atoms with Gasteiger partial charge in [-0.05, 0) is 72.8 Å². The van der Waals surface area contributed by atoms with Crippen LogP contribution in [0.25, 0.3) is 0 Å². The number of benzene rings is 1. The van der Waals surface area contributed by atoms with E-state index in [1.54, 1.807) is 0 Å². The number of nitrogens with one attached hydrogen (secondary N) is 1. The molecule has 6 heteroatoms. The van der Waals surface area contributed by atoms with E-state index in [1.807, 2.05) is 79.7 Å². The van der Waals surface area contributed by atoms with Gasteiger partial charge in [-0.1, -0.05) is 24.3 Å². The lowest BCUT2D eigenvalue weighted by Crippen LogP contribution is -2.41. The van der Waals surface area contributed by atoms with Crippen molar-refractivity contribution in [1.29, 1.82) is 0 Å². The fourth-order valence-electron chi connectivity index (χ4n) is 2.70. The van der Waals surface area contributed by atoms with Crippen LogP contribution in [0.4, 0.5) is 4.79 Å². The van der Waals surface area contributed by atoms with Crippen molar-refractivity contribution in [3.8, 4) is 0 Å². The summed E-state index contributed by atoms with van der Waals surface area (Å²) in [5.74, 6) is 0. The maximum Gasteiger partial charge on any atom is 0.494 e. The summed E-state index contributed by atoms with van der Waals surface area (Å²) in [6.07, 6.45) is 0.335. The van der Waals surface area contributed by atoms with Gasteiger partial charge in [0.1, 0.15) is 5.60 Å².